The predicted octanol–water partition coefficient (Wildman–Crippen LogP) is 2.66. The largest absolute Gasteiger partial charge is 0.339 e. The Labute approximate surface area is 140 Å². The van der Waals surface area contributed by atoms with Gasteiger partial charge in [0.25, 0.3) is 11.5 Å². The standard InChI is InChI=1S/C19H21N3O2/c1-20-12-14(18(23)22-10-6-3-7-11-22)16-13-8-4-5-9-15(13)21(2)17(16)19(20)24/h4-5,8-9,12H,3,6-7,10-11H2,1-2H3. The minimum absolute atomic E-state index is 0.0339. The summed E-state index contributed by atoms with van der Waals surface area (Å²) in [6.07, 6.45) is 4.99. The fourth-order valence-corrected chi connectivity index (χ4v) is 3.83. The van der Waals surface area contributed by atoms with E-state index >= 15 is 0 Å². The first-order chi connectivity index (χ1) is 11.6. The van der Waals surface area contributed by atoms with Gasteiger partial charge in [0.2, 0.25) is 0 Å². The summed E-state index contributed by atoms with van der Waals surface area (Å²) >= 11 is 0. The van der Waals surface area contributed by atoms with Gasteiger partial charge in [-0.3, -0.25) is 9.59 Å². The molecule has 0 aliphatic carbocycles. The third-order valence-electron chi connectivity index (χ3n) is 5.10. The fraction of sp³-hybridized carbons (Fsp3) is 0.368. The van der Waals surface area contributed by atoms with Gasteiger partial charge in [-0.2, -0.15) is 0 Å². The summed E-state index contributed by atoms with van der Waals surface area (Å²) in [5, 5.41) is 1.75. The number of pyridine rings is 1. The van der Waals surface area contributed by atoms with Gasteiger partial charge in [-0.1, -0.05) is 18.2 Å². The molecule has 24 heavy (non-hydrogen) atoms. The average molecular weight is 323 g/mol. The van der Waals surface area contributed by atoms with Crippen molar-refractivity contribution in [3.05, 3.63) is 46.4 Å². The van der Waals surface area contributed by atoms with Crippen LogP contribution in [0.15, 0.2) is 35.3 Å². The molecule has 5 heteroatoms. The van der Waals surface area contributed by atoms with Crippen molar-refractivity contribution in [1.29, 1.82) is 0 Å². The molecule has 124 valence electrons. The van der Waals surface area contributed by atoms with Crippen LogP contribution in [-0.4, -0.2) is 33.0 Å². The number of para-hydroxylation sites is 1. The van der Waals surface area contributed by atoms with Crippen molar-refractivity contribution in [2.24, 2.45) is 14.1 Å². The molecule has 3 heterocycles. The highest BCUT2D eigenvalue weighted by molar-refractivity contribution is 6.17. The second kappa shape index (κ2) is 5.51. The fourth-order valence-electron chi connectivity index (χ4n) is 3.83. The van der Waals surface area contributed by atoms with Crippen molar-refractivity contribution in [2.45, 2.75) is 19.3 Å². The second-order valence-corrected chi connectivity index (χ2v) is 6.61. The molecule has 3 aromatic rings. The third kappa shape index (κ3) is 2.08. The maximum Gasteiger partial charge on any atom is 0.274 e. The van der Waals surface area contributed by atoms with Crippen LogP contribution >= 0.6 is 0 Å². The van der Waals surface area contributed by atoms with Crippen molar-refractivity contribution in [3.8, 4) is 0 Å². The van der Waals surface area contributed by atoms with Crippen molar-refractivity contribution in [2.75, 3.05) is 13.1 Å². The first-order valence-electron chi connectivity index (χ1n) is 8.45. The molecular weight excluding hydrogens is 302 g/mol. The van der Waals surface area contributed by atoms with Gasteiger partial charge in [-0.05, 0) is 25.3 Å². The molecule has 0 unspecified atom stereocenters. The van der Waals surface area contributed by atoms with E-state index in [4.69, 9.17) is 0 Å². The summed E-state index contributed by atoms with van der Waals surface area (Å²) in [6.45, 7) is 1.60. The number of likely N-dealkylation sites (tertiary alicyclic amines) is 1. The van der Waals surface area contributed by atoms with Crippen LogP contribution in [0, 0.1) is 0 Å². The summed E-state index contributed by atoms with van der Waals surface area (Å²) in [5.74, 6) is 0.0339. The first kappa shape index (κ1) is 15.0. The van der Waals surface area contributed by atoms with E-state index in [-0.39, 0.29) is 11.5 Å². The highest BCUT2D eigenvalue weighted by Gasteiger charge is 2.24. The number of carbonyl (C=O) groups excluding carboxylic acids is 1. The zero-order valence-electron chi connectivity index (χ0n) is 14.1. The van der Waals surface area contributed by atoms with E-state index in [9.17, 15) is 9.59 Å². The van der Waals surface area contributed by atoms with Crippen LogP contribution in [-0.2, 0) is 14.1 Å². The van der Waals surface area contributed by atoms with Gasteiger partial charge in [0.15, 0.2) is 0 Å². The van der Waals surface area contributed by atoms with Crippen LogP contribution in [0.3, 0.4) is 0 Å². The Kier molecular flexibility index (Phi) is 3.44. The van der Waals surface area contributed by atoms with E-state index < -0.39 is 0 Å². The van der Waals surface area contributed by atoms with Gasteiger partial charge >= 0.3 is 0 Å². The van der Waals surface area contributed by atoms with Gasteiger partial charge < -0.3 is 14.0 Å². The monoisotopic (exact) mass is 323 g/mol. The SMILES string of the molecule is Cn1cc(C(=O)N2CCCCC2)c2c3ccccc3n(C)c2c1=O. The summed E-state index contributed by atoms with van der Waals surface area (Å²) in [4.78, 5) is 27.7. The normalized spacial score (nSPS) is 15.3. The summed E-state index contributed by atoms with van der Waals surface area (Å²) in [5.41, 5.74) is 2.13. The van der Waals surface area contributed by atoms with E-state index in [1.54, 1.807) is 13.2 Å². The Morgan fingerprint density at radius 1 is 1.04 bits per heavy atom. The molecule has 0 N–H and O–H groups in total. The number of piperidine rings is 1. The molecule has 1 aromatic carbocycles. The molecule has 1 fully saturated rings. The van der Waals surface area contributed by atoms with E-state index in [2.05, 4.69) is 0 Å². The maximum absolute atomic E-state index is 13.1. The lowest BCUT2D eigenvalue weighted by atomic mass is 10.1. The van der Waals surface area contributed by atoms with Crippen LogP contribution < -0.4 is 5.56 Å². The summed E-state index contributed by atoms with van der Waals surface area (Å²) in [7, 11) is 3.60. The number of hydrogen-bond acceptors (Lipinski definition) is 2. The second-order valence-electron chi connectivity index (χ2n) is 6.61. The van der Waals surface area contributed by atoms with Crippen LogP contribution in [0.5, 0.6) is 0 Å². The Balaban J connectivity index is 2.05. The van der Waals surface area contributed by atoms with Crippen LogP contribution in [0.4, 0.5) is 0 Å². The highest BCUT2D eigenvalue weighted by Crippen LogP contribution is 2.29. The number of fused-ring (bicyclic) bond motifs is 3. The van der Waals surface area contributed by atoms with Crippen molar-refractivity contribution in [3.63, 3.8) is 0 Å². The molecule has 0 bridgehead atoms. The molecule has 1 aliphatic heterocycles. The lowest BCUT2D eigenvalue weighted by molar-refractivity contribution is 0.0725. The predicted molar refractivity (Wildman–Crippen MR) is 95.4 cm³/mol. The summed E-state index contributed by atoms with van der Waals surface area (Å²) in [6, 6.07) is 7.89. The van der Waals surface area contributed by atoms with E-state index in [1.807, 2.05) is 40.8 Å². The number of amides is 1. The smallest absolute Gasteiger partial charge is 0.274 e. The number of aryl methyl sites for hydroxylation is 2. The zero-order valence-corrected chi connectivity index (χ0v) is 14.1. The lowest BCUT2D eigenvalue weighted by Gasteiger charge is -2.27. The number of nitrogens with zero attached hydrogens (tertiary/aromatic N) is 3. The third-order valence-corrected chi connectivity index (χ3v) is 5.10. The van der Waals surface area contributed by atoms with Crippen molar-refractivity contribution in [1.82, 2.24) is 14.0 Å². The number of benzene rings is 1. The Hall–Kier alpha value is -2.56. The number of rotatable bonds is 1. The molecule has 1 aliphatic rings. The molecule has 0 radical (unpaired) electrons. The molecule has 0 spiro atoms. The lowest BCUT2D eigenvalue weighted by Crippen LogP contribution is -2.36. The minimum atomic E-state index is -0.0705. The van der Waals surface area contributed by atoms with Crippen LogP contribution in [0.2, 0.25) is 0 Å². The average Bonchev–Trinajstić information content (AvgIpc) is 2.92. The Morgan fingerprint density at radius 2 is 1.75 bits per heavy atom. The van der Waals surface area contributed by atoms with Gasteiger partial charge in [0, 0.05) is 49.7 Å². The minimum Gasteiger partial charge on any atom is -0.339 e. The number of aromatic nitrogens is 2. The quantitative estimate of drug-likeness (QED) is 0.691. The van der Waals surface area contributed by atoms with Crippen molar-refractivity contribution < 1.29 is 4.79 Å². The molecule has 0 atom stereocenters. The number of carbonyl (C=O) groups is 1. The van der Waals surface area contributed by atoms with Crippen LogP contribution in [0.25, 0.3) is 21.8 Å². The van der Waals surface area contributed by atoms with Crippen LogP contribution in [0.1, 0.15) is 29.6 Å². The Bertz CT molecular complexity index is 1010. The molecule has 0 saturated carbocycles. The first-order valence-corrected chi connectivity index (χ1v) is 8.45. The molecular formula is C19H21N3O2. The Morgan fingerprint density at radius 3 is 2.50 bits per heavy atom. The van der Waals surface area contributed by atoms with E-state index in [0.717, 1.165) is 42.2 Å². The maximum atomic E-state index is 13.1. The van der Waals surface area contributed by atoms with E-state index in [0.29, 0.717) is 11.1 Å². The van der Waals surface area contributed by atoms with Gasteiger partial charge in [-0.15, -0.1) is 0 Å². The molecule has 2 aromatic heterocycles. The topological polar surface area (TPSA) is 47.2 Å². The molecule has 1 saturated heterocycles. The molecule has 4 rings (SSSR count). The van der Waals surface area contributed by atoms with Crippen molar-refractivity contribution >= 4 is 27.7 Å². The molecule has 1 amide bonds. The number of hydrogen-bond donors (Lipinski definition) is 0. The van der Waals surface area contributed by atoms with E-state index in [1.165, 1.54) is 11.0 Å². The zero-order chi connectivity index (χ0) is 16.8. The molecule has 5 nitrogen and oxygen atoms in total. The van der Waals surface area contributed by atoms with Gasteiger partial charge in [-0.25, -0.2) is 0 Å². The van der Waals surface area contributed by atoms with Gasteiger partial charge in [0.05, 0.1) is 5.56 Å². The summed E-state index contributed by atoms with van der Waals surface area (Å²) < 4.78 is 3.43. The highest BCUT2D eigenvalue weighted by atomic mass is 16.2. The van der Waals surface area contributed by atoms with Gasteiger partial charge in [0.1, 0.15) is 5.52 Å².